The summed E-state index contributed by atoms with van der Waals surface area (Å²) in [5.74, 6) is -0.625. The predicted octanol–water partition coefficient (Wildman–Crippen LogP) is 0.0230. The fraction of sp³-hybridized carbons (Fsp3) is 1.00. The van der Waals surface area contributed by atoms with Gasteiger partial charge in [0, 0.05) is 0 Å². The third-order valence-corrected chi connectivity index (χ3v) is 1.63. The maximum absolute atomic E-state index is 12.4. The molecule has 2 N–H and O–H groups in total. The molecule has 0 amide bonds. The van der Waals surface area contributed by atoms with E-state index in [1.165, 1.54) is 0 Å². The van der Waals surface area contributed by atoms with E-state index in [4.69, 9.17) is 0 Å². The molecule has 0 radical (unpaired) electrons. The van der Waals surface area contributed by atoms with Gasteiger partial charge < -0.3 is 0 Å². The smallest absolute Gasteiger partial charge is 0.212 e. The summed E-state index contributed by atoms with van der Waals surface area (Å²) >= 11 is 0. The van der Waals surface area contributed by atoms with Crippen LogP contribution in [0.4, 0.5) is 4.39 Å². The summed E-state index contributed by atoms with van der Waals surface area (Å²) in [7, 11) is -3.66. The van der Waals surface area contributed by atoms with Crippen LogP contribution in [0.25, 0.3) is 0 Å². The van der Waals surface area contributed by atoms with Crippen molar-refractivity contribution in [3.05, 3.63) is 0 Å². The molecule has 5 heteroatoms. The third-order valence-electron chi connectivity index (χ3n) is 0.544. The van der Waals surface area contributed by atoms with Crippen LogP contribution in [0.2, 0.25) is 0 Å². The van der Waals surface area contributed by atoms with E-state index in [9.17, 15) is 12.8 Å². The van der Waals surface area contributed by atoms with Crippen LogP contribution >= 0.6 is 0 Å². The number of sulfonamides is 1. The van der Waals surface area contributed by atoms with Gasteiger partial charge in [-0.15, -0.1) is 0 Å². The van der Waals surface area contributed by atoms with Crippen LogP contribution < -0.4 is 5.14 Å². The molecule has 0 aliphatic heterocycles. The highest BCUT2D eigenvalue weighted by atomic mass is 32.2. The Balaban J connectivity index is 4.07. The Hall–Kier alpha value is -0.160. The molecule has 0 saturated carbocycles. The molecule has 0 fully saturated rings. The maximum Gasteiger partial charge on any atom is 0.212 e. The van der Waals surface area contributed by atoms with Crippen molar-refractivity contribution in [2.45, 2.75) is 19.5 Å². The minimum Gasteiger partial charge on any atom is -0.243 e. The van der Waals surface area contributed by atoms with Crippen LogP contribution in [0.3, 0.4) is 0 Å². The van der Waals surface area contributed by atoms with Crippen molar-refractivity contribution in [2.24, 2.45) is 5.14 Å². The van der Waals surface area contributed by atoms with Gasteiger partial charge in [0.2, 0.25) is 10.0 Å². The van der Waals surface area contributed by atoms with Crippen molar-refractivity contribution >= 4 is 10.0 Å². The molecule has 0 rings (SSSR count). The Morgan fingerprint density at radius 1 is 1.56 bits per heavy atom. The van der Waals surface area contributed by atoms with Gasteiger partial charge in [-0.05, 0) is 13.8 Å². The number of rotatable bonds is 2. The molecule has 0 heterocycles. The van der Waals surface area contributed by atoms with Crippen LogP contribution in [0.5, 0.6) is 0 Å². The number of hydrogen-bond donors (Lipinski definition) is 1. The predicted molar refractivity (Wildman–Crippen MR) is 33.2 cm³/mol. The highest BCUT2D eigenvalue weighted by Crippen LogP contribution is 2.08. The second-order valence-corrected chi connectivity index (χ2v) is 4.14. The molecular formula is C4H10FNO2S. The minimum absolute atomic E-state index is 0.625. The van der Waals surface area contributed by atoms with Gasteiger partial charge in [-0.1, -0.05) is 0 Å². The number of alkyl halides is 1. The number of halogens is 1. The first kappa shape index (κ1) is 8.84. The summed E-state index contributed by atoms with van der Waals surface area (Å²) in [5, 5.41) is 4.55. The maximum atomic E-state index is 12.4. The average Bonchev–Trinajstić information content (AvgIpc) is 1.14. The molecule has 0 saturated heterocycles. The first-order chi connectivity index (χ1) is 3.71. The fourth-order valence-electron chi connectivity index (χ4n) is 0.478. The summed E-state index contributed by atoms with van der Waals surface area (Å²) < 4.78 is 32.8. The number of hydrogen-bond acceptors (Lipinski definition) is 2. The van der Waals surface area contributed by atoms with Gasteiger partial charge in [-0.3, -0.25) is 0 Å². The second kappa shape index (κ2) is 2.22. The number of nitrogens with two attached hydrogens (primary N) is 1. The Kier molecular flexibility index (Phi) is 2.19. The Morgan fingerprint density at radius 3 is 1.89 bits per heavy atom. The molecule has 9 heavy (non-hydrogen) atoms. The van der Waals surface area contributed by atoms with Gasteiger partial charge >= 0.3 is 0 Å². The first-order valence-electron chi connectivity index (χ1n) is 2.40. The standard InChI is InChI=1S/C4H10FNO2S/c1-4(2,5)3-9(6,7)8/h3H2,1-2H3,(H2,6,7,8). The number of primary sulfonamides is 1. The molecule has 0 aromatic heterocycles. The van der Waals surface area contributed by atoms with Crippen LogP contribution in [-0.4, -0.2) is 19.8 Å². The van der Waals surface area contributed by atoms with E-state index < -0.39 is 21.4 Å². The van der Waals surface area contributed by atoms with Crippen LogP contribution in [0.1, 0.15) is 13.8 Å². The molecule has 0 aromatic rings. The molecule has 0 aromatic carbocycles. The van der Waals surface area contributed by atoms with E-state index in [1.807, 2.05) is 0 Å². The van der Waals surface area contributed by atoms with Crippen molar-refractivity contribution in [3.8, 4) is 0 Å². The Bertz CT molecular complexity index is 179. The van der Waals surface area contributed by atoms with Crippen molar-refractivity contribution in [1.29, 1.82) is 0 Å². The normalized spacial score (nSPS) is 13.8. The van der Waals surface area contributed by atoms with Crippen LogP contribution in [0.15, 0.2) is 0 Å². The van der Waals surface area contributed by atoms with Crippen molar-refractivity contribution in [1.82, 2.24) is 0 Å². The lowest BCUT2D eigenvalue weighted by molar-refractivity contribution is 0.249. The van der Waals surface area contributed by atoms with Gasteiger partial charge in [0.05, 0.1) is 5.75 Å². The van der Waals surface area contributed by atoms with Gasteiger partial charge in [-0.25, -0.2) is 17.9 Å². The lowest BCUT2D eigenvalue weighted by Gasteiger charge is -2.10. The first-order valence-corrected chi connectivity index (χ1v) is 4.12. The highest BCUT2D eigenvalue weighted by Gasteiger charge is 2.22. The zero-order valence-electron chi connectivity index (χ0n) is 5.39. The molecule has 0 bridgehead atoms. The van der Waals surface area contributed by atoms with Gasteiger partial charge in [0.25, 0.3) is 0 Å². The monoisotopic (exact) mass is 155 g/mol. The molecule has 0 aliphatic rings. The SMILES string of the molecule is CC(C)(F)CS(N)(=O)=O. The molecule has 0 aliphatic carbocycles. The molecule has 0 spiro atoms. The van der Waals surface area contributed by atoms with E-state index in [-0.39, 0.29) is 0 Å². The second-order valence-electron chi connectivity index (χ2n) is 2.53. The molecule has 3 nitrogen and oxygen atoms in total. The highest BCUT2D eigenvalue weighted by molar-refractivity contribution is 7.89. The van der Waals surface area contributed by atoms with Gasteiger partial charge in [-0.2, -0.15) is 0 Å². The van der Waals surface area contributed by atoms with E-state index >= 15 is 0 Å². The largest absolute Gasteiger partial charge is 0.243 e. The molecule has 56 valence electrons. The quantitative estimate of drug-likeness (QED) is 0.611. The summed E-state index contributed by atoms with van der Waals surface area (Å²) in [6, 6.07) is 0. The van der Waals surface area contributed by atoms with E-state index in [2.05, 4.69) is 5.14 Å². The van der Waals surface area contributed by atoms with E-state index in [0.717, 1.165) is 13.8 Å². The van der Waals surface area contributed by atoms with E-state index in [1.54, 1.807) is 0 Å². The Morgan fingerprint density at radius 2 is 1.89 bits per heavy atom. The fourth-order valence-corrected chi connectivity index (χ4v) is 1.44. The third kappa shape index (κ3) is 7.84. The van der Waals surface area contributed by atoms with Gasteiger partial charge in [0.1, 0.15) is 5.67 Å². The summed E-state index contributed by atoms with van der Waals surface area (Å²) in [4.78, 5) is 0. The molecular weight excluding hydrogens is 145 g/mol. The van der Waals surface area contributed by atoms with Crippen LogP contribution in [0, 0.1) is 0 Å². The topological polar surface area (TPSA) is 60.2 Å². The zero-order chi connectivity index (χ0) is 7.71. The summed E-state index contributed by atoms with van der Waals surface area (Å²) in [6.07, 6.45) is 0. The van der Waals surface area contributed by atoms with E-state index in [0.29, 0.717) is 0 Å². The average molecular weight is 155 g/mol. The summed E-state index contributed by atoms with van der Waals surface area (Å²) in [5.41, 5.74) is -1.73. The van der Waals surface area contributed by atoms with Crippen molar-refractivity contribution < 1.29 is 12.8 Å². The lowest BCUT2D eigenvalue weighted by Crippen LogP contribution is -2.30. The van der Waals surface area contributed by atoms with Crippen molar-refractivity contribution in [2.75, 3.05) is 5.75 Å². The summed E-state index contributed by atoms with van der Waals surface area (Å²) in [6.45, 7) is 2.33. The van der Waals surface area contributed by atoms with Crippen molar-refractivity contribution in [3.63, 3.8) is 0 Å². The van der Waals surface area contributed by atoms with Crippen LogP contribution in [-0.2, 0) is 10.0 Å². The van der Waals surface area contributed by atoms with Gasteiger partial charge in [0.15, 0.2) is 0 Å². The Labute approximate surface area is 54.1 Å². The molecule has 0 unspecified atom stereocenters. The molecule has 0 atom stereocenters. The lowest BCUT2D eigenvalue weighted by atomic mass is 10.2. The minimum atomic E-state index is -3.66. The zero-order valence-corrected chi connectivity index (χ0v) is 6.20.